The average molecular weight is 254 g/mol. The lowest BCUT2D eigenvalue weighted by Crippen LogP contribution is -2.41. The van der Waals surface area contributed by atoms with Gasteiger partial charge in [0.25, 0.3) is 10.1 Å². The zero-order chi connectivity index (χ0) is 12.3. The molecule has 0 aromatic rings. The maximum absolute atomic E-state index is 10.7. The van der Waals surface area contributed by atoms with E-state index in [1.165, 1.54) is 0 Å². The molecule has 0 heterocycles. The Morgan fingerprint density at radius 2 is 1.60 bits per heavy atom. The molecule has 0 N–H and O–H groups in total. The van der Waals surface area contributed by atoms with E-state index in [1.54, 1.807) is 0 Å². The first kappa shape index (κ1) is 15.1. The van der Waals surface area contributed by atoms with Crippen LogP contribution in [0, 0.1) is 0 Å². The summed E-state index contributed by atoms with van der Waals surface area (Å²) in [5.74, 6) is 0. The van der Waals surface area contributed by atoms with Crippen molar-refractivity contribution in [2.24, 2.45) is 0 Å². The van der Waals surface area contributed by atoms with Crippen LogP contribution in [0.1, 0.15) is 20.8 Å². The van der Waals surface area contributed by atoms with Crippen LogP contribution in [0.5, 0.6) is 0 Å². The molecular weight excluding hydrogens is 232 g/mol. The minimum absolute atomic E-state index is 0.103. The van der Waals surface area contributed by atoms with Gasteiger partial charge in [-0.2, -0.15) is 8.42 Å². The molecule has 92 valence electrons. The Bertz CT molecular complexity index is 290. The van der Waals surface area contributed by atoms with Crippen LogP contribution in [-0.2, 0) is 18.7 Å². The third kappa shape index (κ3) is 6.29. The molecule has 0 saturated carbocycles. The van der Waals surface area contributed by atoms with E-state index >= 15 is 0 Å². The van der Waals surface area contributed by atoms with Gasteiger partial charge in [-0.15, -0.1) is 0 Å². The summed E-state index contributed by atoms with van der Waals surface area (Å²) in [6.07, 6.45) is 1.04. The highest BCUT2D eigenvalue weighted by molar-refractivity contribution is 7.85. The van der Waals surface area contributed by atoms with E-state index in [1.807, 2.05) is 0 Å². The van der Waals surface area contributed by atoms with Crippen LogP contribution in [0.2, 0.25) is 18.1 Å². The van der Waals surface area contributed by atoms with Gasteiger partial charge in [0.2, 0.25) is 0 Å². The van der Waals surface area contributed by atoms with Crippen LogP contribution in [-0.4, -0.2) is 36.2 Å². The van der Waals surface area contributed by atoms with Crippen molar-refractivity contribution >= 4 is 18.4 Å². The first-order valence-electron chi connectivity index (χ1n) is 4.94. The molecular formula is C9H22O4SSi. The second kappa shape index (κ2) is 4.95. The van der Waals surface area contributed by atoms with Gasteiger partial charge >= 0.3 is 0 Å². The molecule has 0 atom stereocenters. The molecule has 0 saturated heterocycles. The largest absolute Gasteiger partial charge is 0.414 e. The minimum Gasteiger partial charge on any atom is -0.414 e. The Labute approximate surface area is 94.2 Å². The first-order valence-corrected chi connectivity index (χ1v) is 9.66. The molecule has 0 spiro atoms. The van der Waals surface area contributed by atoms with Crippen LogP contribution in [0.15, 0.2) is 0 Å². The van der Waals surface area contributed by atoms with Crippen molar-refractivity contribution < 1.29 is 17.0 Å². The standard InChI is InChI=1S/C9H22O4SSi/c1-9(2,3)15(5,6)13-8-7-12-14(4,10)11/h7-8H2,1-6H3. The van der Waals surface area contributed by atoms with Crippen molar-refractivity contribution in [1.29, 1.82) is 0 Å². The highest BCUT2D eigenvalue weighted by Gasteiger charge is 2.36. The van der Waals surface area contributed by atoms with E-state index in [2.05, 4.69) is 38.0 Å². The molecule has 4 nitrogen and oxygen atoms in total. The molecule has 0 aliphatic carbocycles. The third-order valence-corrected chi connectivity index (χ3v) is 7.78. The summed E-state index contributed by atoms with van der Waals surface area (Å²) in [6.45, 7) is 11.1. The zero-order valence-electron chi connectivity index (χ0n) is 10.5. The van der Waals surface area contributed by atoms with Crippen molar-refractivity contribution in [3.8, 4) is 0 Å². The summed E-state index contributed by atoms with van der Waals surface area (Å²) in [5.41, 5.74) is 0. The normalized spacial score (nSPS) is 14.3. The predicted molar refractivity (Wildman–Crippen MR) is 63.9 cm³/mol. The molecule has 0 aliphatic heterocycles. The number of hydrogen-bond donors (Lipinski definition) is 0. The Balaban J connectivity index is 3.98. The first-order chi connectivity index (χ1) is 6.46. The molecule has 0 radical (unpaired) electrons. The number of hydrogen-bond acceptors (Lipinski definition) is 4. The Hall–Kier alpha value is 0.0869. The summed E-state index contributed by atoms with van der Waals surface area (Å²) in [4.78, 5) is 0. The van der Waals surface area contributed by atoms with Crippen LogP contribution in [0.3, 0.4) is 0 Å². The fraction of sp³-hybridized carbons (Fsp3) is 1.00. The molecule has 15 heavy (non-hydrogen) atoms. The molecule has 0 bridgehead atoms. The smallest absolute Gasteiger partial charge is 0.264 e. The minimum atomic E-state index is -3.34. The molecule has 6 heteroatoms. The monoisotopic (exact) mass is 254 g/mol. The van der Waals surface area contributed by atoms with Gasteiger partial charge in [-0.1, -0.05) is 20.8 Å². The maximum atomic E-state index is 10.7. The van der Waals surface area contributed by atoms with Gasteiger partial charge in [-0.05, 0) is 18.1 Å². The Morgan fingerprint density at radius 1 is 1.13 bits per heavy atom. The summed E-state index contributed by atoms with van der Waals surface area (Å²) in [7, 11) is -5.12. The molecule has 0 aromatic carbocycles. The van der Waals surface area contributed by atoms with Crippen molar-refractivity contribution in [1.82, 2.24) is 0 Å². The quantitative estimate of drug-likeness (QED) is 0.428. The molecule has 0 amide bonds. The van der Waals surface area contributed by atoms with Gasteiger partial charge in [-0.25, -0.2) is 0 Å². The molecule has 0 fully saturated rings. The van der Waals surface area contributed by atoms with Crippen molar-refractivity contribution in [3.63, 3.8) is 0 Å². The van der Waals surface area contributed by atoms with Gasteiger partial charge < -0.3 is 4.43 Å². The predicted octanol–water partition coefficient (Wildman–Crippen LogP) is 1.98. The van der Waals surface area contributed by atoms with Crippen LogP contribution >= 0.6 is 0 Å². The lowest BCUT2D eigenvalue weighted by atomic mass is 10.2. The highest BCUT2D eigenvalue weighted by Crippen LogP contribution is 2.36. The Morgan fingerprint density at radius 3 is 1.93 bits per heavy atom. The van der Waals surface area contributed by atoms with Crippen LogP contribution < -0.4 is 0 Å². The fourth-order valence-corrected chi connectivity index (χ4v) is 2.10. The maximum Gasteiger partial charge on any atom is 0.264 e. The van der Waals surface area contributed by atoms with Gasteiger partial charge in [0.05, 0.1) is 19.5 Å². The van der Waals surface area contributed by atoms with Gasteiger partial charge in [0.15, 0.2) is 8.32 Å². The van der Waals surface area contributed by atoms with E-state index in [4.69, 9.17) is 4.43 Å². The fourth-order valence-electron chi connectivity index (χ4n) is 0.699. The second-order valence-electron chi connectivity index (χ2n) is 5.13. The van der Waals surface area contributed by atoms with E-state index in [-0.39, 0.29) is 11.6 Å². The topological polar surface area (TPSA) is 52.6 Å². The SMILES string of the molecule is CC(C)(C)[Si](C)(C)OCCOS(C)(=O)=O. The van der Waals surface area contributed by atoms with Gasteiger partial charge in [-0.3, -0.25) is 4.18 Å². The summed E-state index contributed by atoms with van der Waals surface area (Å²) in [6, 6.07) is 0. The lowest BCUT2D eigenvalue weighted by molar-refractivity contribution is 0.208. The summed E-state index contributed by atoms with van der Waals surface area (Å²) >= 11 is 0. The van der Waals surface area contributed by atoms with E-state index in [0.717, 1.165) is 6.26 Å². The molecule has 0 unspecified atom stereocenters. The lowest BCUT2D eigenvalue weighted by Gasteiger charge is -2.36. The van der Waals surface area contributed by atoms with Crippen molar-refractivity contribution in [2.45, 2.75) is 38.9 Å². The summed E-state index contributed by atoms with van der Waals surface area (Å²) < 4.78 is 31.7. The molecule has 0 aliphatic rings. The molecule has 0 aromatic heterocycles. The van der Waals surface area contributed by atoms with Crippen LogP contribution in [0.4, 0.5) is 0 Å². The average Bonchev–Trinajstić information content (AvgIpc) is 1.94. The van der Waals surface area contributed by atoms with Gasteiger partial charge in [0.1, 0.15) is 0 Å². The highest BCUT2D eigenvalue weighted by atomic mass is 32.2. The van der Waals surface area contributed by atoms with E-state index in [0.29, 0.717) is 6.61 Å². The third-order valence-electron chi connectivity index (χ3n) is 2.65. The van der Waals surface area contributed by atoms with E-state index < -0.39 is 18.4 Å². The van der Waals surface area contributed by atoms with Crippen LogP contribution in [0.25, 0.3) is 0 Å². The summed E-state index contributed by atoms with van der Waals surface area (Å²) in [5, 5.41) is 0.137. The zero-order valence-corrected chi connectivity index (χ0v) is 12.3. The Kier molecular flexibility index (Phi) is 4.97. The van der Waals surface area contributed by atoms with Crippen molar-refractivity contribution in [2.75, 3.05) is 19.5 Å². The van der Waals surface area contributed by atoms with Gasteiger partial charge in [0, 0.05) is 0 Å². The second-order valence-corrected chi connectivity index (χ2v) is 11.6. The molecule has 0 rings (SSSR count). The number of rotatable bonds is 5. The van der Waals surface area contributed by atoms with Crippen molar-refractivity contribution in [3.05, 3.63) is 0 Å². The van der Waals surface area contributed by atoms with E-state index in [9.17, 15) is 8.42 Å².